The second-order valence-electron chi connectivity index (χ2n) is 6.08. The standard InChI is InChI=1S/C16H24N2O/c1-12-9-13(11-19)10-16(17-12)18-8-4-7-15(18)14-5-2-3-6-14/h9-10,14-15,19H,2-8,11H2,1H3. The van der Waals surface area contributed by atoms with Gasteiger partial charge in [-0.1, -0.05) is 12.8 Å². The van der Waals surface area contributed by atoms with Crippen LogP contribution in [-0.4, -0.2) is 22.7 Å². The van der Waals surface area contributed by atoms with Crippen molar-refractivity contribution in [1.82, 2.24) is 4.98 Å². The molecule has 1 aromatic rings. The molecule has 2 fully saturated rings. The molecule has 3 heteroatoms. The molecule has 1 aromatic heterocycles. The molecule has 3 nitrogen and oxygen atoms in total. The van der Waals surface area contributed by atoms with E-state index in [1.54, 1.807) is 0 Å². The highest BCUT2D eigenvalue weighted by Gasteiger charge is 2.34. The van der Waals surface area contributed by atoms with E-state index >= 15 is 0 Å². The van der Waals surface area contributed by atoms with Gasteiger partial charge in [0.1, 0.15) is 5.82 Å². The van der Waals surface area contributed by atoms with Crippen LogP contribution in [0.5, 0.6) is 0 Å². The zero-order valence-electron chi connectivity index (χ0n) is 11.8. The number of aromatic nitrogens is 1. The lowest BCUT2D eigenvalue weighted by atomic mass is 9.96. The van der Waals surface area contributed by atoms with E-state index in [0.29, 0.717) is 6.04 Å². The first kappa shape index (κ1) is 12.9. The highest BCUT2D eigenvalue weighted by Crippen LogP contribution is 2.37. The number of aliphatic hydroxyl groups excluding tert-OH is 1. The minimum atomic E-state index is 0.109. The molecule has 1 saturated heterocycles. The molecule has 1 aliphatic heterocycles. The van der Waals surface area contributed by atoms with Crippen molar-refractivity contribution in [3.05, 3.63) is 23.4 Å². The normalized spacial score (nSPS) is 24.3. The monoisotopic (exact) mass is 260 g/mol. The van der Waals surface area contributed by atoms with Gasteiger partial charge in [-0.15, -0.1) is 0 Å². The van der Waals surface area contributed by atoms with Crippen molar-refractivity contribution in [3.63, 3.8) is 0 Å². The summed E-state index contributed by atoms with van der Waals surface area (Å²) in [5, 5.41) is 9.36. The molecular weight excluding hydrogens is 236 g/mol. The summed E-state index contributed by atoms with van der Waals surface area (Å²) in [4.78, 5) is 7.20. The summed E-state index contributed by atoms with van der Waals surface area (Å²) in [7, 11) is 0. The average Bonchev–Trinajstić information content (AvgIpc) is 3.08. The molecule has 3 rings (SSSR count). The van der Waals surface area contributed by atoms with E-state index in [1.165, 1.54) is 38.5 Å². The molecule has 104 valence electrons. The lowest BCUT2D eigenvalue weighted by Gasteiger charge is -2.30. The fourth-order valence-corrected chi connectivity index (χ4v) is 3.87. The van der Waals surface area contributed by atoms with Gasteiger partial charge >= 0.3 is 0 Å². The maximum Gasteiger partial charge on any atom is 0.129 e. The minimum Gasteiger partial charge on any atom is -0.392 e. The third kappa shape index (κ3) is 2.62. The number of rotatable bonds is 3. The molecule has 0 spiro atoms. The summed E-state index contributed by atoms with van der Waals surface area (Å²) in [6.07, 6.45) is 8.18. The second-order valence-corrected chi connectivity index (χ2v) is 6.08. The number of anilines is 1. The smallest absolute Gasteiger partial charge is 0.129 e. The third-order valence-electron chi connectivity index (χ3n) is 4.72. The van der Waals surface area contributed by atoms with E-state index in [-0.39, 0.29) is 6.61 Å². The van der Waals surface area contributed by atoms with Crippen LogP contribution in [0.25, 0.3) is 0 Å². The van der Waals surface area contributed by atoms with Gasteiger partial charge in [-0.05, 0) is 56.2 Å². The van der Waals surface area contributed by atoms with Crippen LogP contribution in [0.1, 0.15) is 49.8 Å². The predicted octanol–water partition coefficient (Wildman–Crippen LogP) is 3.04. The zero-order chi connectivity index (χ0) is 13.2. The Morgan fingerprint density at radius 1 is 1.21 bits per heavy atom. The Morgan fingerprint density at radius 2 is 2.00 bits per heavy atom. The van der Waals surface area contributed by atoms with Crippen LogP contribution in [-0.2, 0) is 6.61 Å². The van der Waals surface area contributed by atoms with Crippen LogP contribution in [0.3, 0.4) is 0 Å². The maximum atomic E-state index is 9.36. The Morgan fingerprint density at radius 3 is 2.74 bits per heavy atom. The van der Waals surface area contributed by atoms with Crippen LogP contribution < -0.4 is 4.90 Å². The van der Waals surface area contributed by atoms with Crippen molar-refractivity contribution in [2.45, 2.75) is 58.1 Å². The summed E-state index contributed by atoms with van der Waals surface area (Å²) in [6.45, 7) is 3.25. The number of hydrogen-bond donors (Lipinski definition) is 1. The number of pyridine rings is 1. The third-order valence-corrected chi connectivity index (χ3v) is 4.72. The Balaban J connectivity index is 1.85. The maximum absolute atomic E-state index is 9.36. The molecule has 0 bridgehead atoms. The summed E-state index contributed by atoms with van der Waals surface area (Å²) < 4.78 is 0. The first-order chi connectivity index (χ1) is 9.28. The number of aryl methyl sites for hydroxylation is 1. The Labute approximate surface area is 115 Å². The van der Waals surface area contributed by atoms with Crippen molar-refractivity contribution in [1.29, 1.82) is 0 Å². The van der Waals surface area contributed by atoms with Crippen LogP contribution in [0.4, 0.5) is 5.82 Å². The molecule has 0 amide bonds. The number of nitrogens with zero attached hydrogens (tertiary/aromatic N) is 2. The lowest BCUT2D eigenvalue weighted by molar-refractivity contribution is 0.281. The summed E-state index contributed by atoms with van der Waals surface area (Å²) in [5.74, 6) is 1.95. The predicted molar refractivity (Wildman–Crippen MR) is 77.2 cm³/mol. The first-order valence-corrected chi connectivity index (χ1v) is 7.63. The van der Waals surface area contributed by atoms with Crippen LogP contribution in [0.15, 0.2) is 12.1 Å². The van der Waals surface area contributed by atoms with Crippen molar-refractivity contribution in [2.24, 2.45) is 5.92 Å². The molecule has 19 heavy (non-hydrogen) atoms. The van der Waals surface area contributed by atoms with Gasteiger partial charge in [-0.3, -0.25) is 0 Å². The Bertz CT molecular complexity index is 440. The SMILES string of the molecule is Cc1cc(CO)cc(N2CCCC2C2CCCC2)n1. The topological polar surface area (TPSA) is 36.4 Å². The highest BCUT2D eigenvalue weighted by molar-refractivity contribution is 5.45. The molecule has 2 aliphatic rings. The van der Waals surface area contributed by atoms with Gasteiger partial charge in [0.05, 0.1) is 6.61 Å². The average molecular weight is 260 g/mol. The van der Waals surface area contributed by atoms with Crippen molar-refractivity contribution in [3.8, 4) is 0 Å². The summed E-state index contributed by atoms with van der Waals surface area (Å²) >= 11 is 0. The van der Waals surface area contributed by atoms with Gasteiger partial charge in [-0.2, -0.15) is 0 Å². The van der Waals surface area contributed by atoms with Gasteiger partial charge in [0.15, 0.2) is 0 Å². The van der Waals surface area contributed by atoms with Gasteiger partial charge < -0.3 is 10.0 Å². The largest absolute Gasteiger partial charge is 0.392 e. The molecule has 1 saturated carbocycles. The van der Waals surface area contributed by atoms with Gasteiger partial charge in [0, 0.05) is 18.3 Å². The van der Waals surface area contributed by atoms with Gasteiger partial charge in [-0.25, -0.2) is 4.98 Å². The van der Waals surface area contributed by atoms with E-state index < -0.39 is 0 Å². The van der Waals surface area contributed by atoms with Crippen LogP contribution in [0, 0.1) is 12.8 Å². The van der Waals surface area contributed by atoms with Crippen molar-refractivity contribution < 1.29 is 5.11 Å². The molecule has 1 unspecified atom stereocenters. The molecular formula is C16H24N2O. The number of aliphatic hydroxyl groups is 1. The minimum absolute atomic E-state index is 0.109. The molecule has 1 atom stereocenters. The quantitative estimate of drug-likeness (QED) is 0.907. The van der Waals surface area contributed by atoms with Gasteiger partial charge in [0.2, 0.25) is 0 Å². The molecule has 1 aliphatic carbocycles. The molecule has 0 aromatic carbocycles. The lowest BCUT2D eigenvalue weighted by Crippen LogP contribution is -2.35. The molecule has 1 N–H and O–H groups in total. The zero-order valence-corrected chi connectivity index (χ0v) is 11.8. The van der Waals surface area contributed by atoms with E-state index in [9.17, 15) is 5.11 Å². The molecule has 0 radical (unpaired) electrons. The second kappa shape index (κ2) is 5.49. The molecule has 2 heterocycles. The van der Waals surface area contributed by atoms with E-state index in [0.717, 1.165) is 29.5 Å². The highest BCUT2D eigenvalue weighted by atomic mass is 16.3. The summed E-state index contributed by atoms with van der Waals surface area (Å²) in [6, 6.07) is 4.73. The van der Waals surface area contributed by atoms with E-state index in [4.69, 9.17) is 4.98 Å². The fourth-order valence-electron chi connectivity index (χ4n) is 3.87. The van der Waals surface area contributed by atoms with E-state index in [2.05, 4.69) is 11.0 Å². The Kier molecular flexibility index (Phi) is 3.74. The summed E-state index contributed by atoms with van der Waals surface area (Å²) in [5.41, 5.74) is 2.00. The fraction of sp³-hybridized carbons (Fsp3) is 0.688. The van der Waals surface area contributed by atoms with E-state index in [1.807, 2.05) is 13.0 Å². The van der Waals surface area contributed by atoms with Crippen LogP contribution >= 0.6 is 0 Å². The van der Waals surface area contributed by atoms with Crippen LogP contribution in [0.2, 0.25) is 0 Å². The number of hydrogen-bond acceptors (Lipinski definition) is 3. The van der Waals surface area contributed by atoms with Crippen molar-refractivity contribution in [2.75, 3.05) is 11.4 Å². The Hall–Kier alpha value is -1.09. The van der Waals surface area contributed by atoms with Gasteiger partial charge in [0.25, 0.3) is 0 Å². The first-order valence-electron chi connectivity index (χ1n) is 7.63. The van der Waals surface area contributed by atoms with Crippen molar-refractivity contribution >= 4 is 5.82 Å².